The first-order valence-corrected chi connectivity index (χ1v) is 8.95. The molecule has 1 aliphatic rings. The van der Waals surface area contributed by atoms with E-state index in [1.165, 1.54) is 32.1 Å². The highest BCUT2D eigenvalue weighted by molar-refractivity contribution is 7.14. The molecule has 1 aromatic heterocycles. The number of anilines is 1. The smallest absolute Gasteiger partial charge is 0.225 e. The Labute approximate surface area is 132 Å². The Hall–Kier alpha value is -0.940. The Morgan fingerprint density at radius 2 is 2.19 bits per heavy atom. The third-order valence-electron chi connectivity index (χ3n) is 4.37. The molecule has 1 saturated carbocycles. The van der Waals surface area contributed by atoms with Gasteiger partial charge in [-0.3, -0.25) is 9.69 Å². The van der Waals surface area contributed by atoms with Crippen molar-refractivity contribution in [2.24, 2.45) is 5.92 Å². The third-order valence-corrected chi connectivity index (χ3v) is 5.29. The largest absolute Gasteiger partial charge is 0.308 e. The molecule has 0 aromatic carbocycles. The van der Waals surface area contributed by atoms with Crippen LogP contribution in [0.5, 0.6) is 0 Å². The summed E-state index contributed by atoms with van der Waals surface area (Å²) in [5.41, 5.74) is 1.05. The van der Waals surface area contributed by atoms with Gasteiger partial charge in [-0.2, -0.15) is 0 Å². The van der Waals surface area contributed by atoms with Crippen LogP contribution in [0.15, 0.2) is 5.38 Å². The van der Waals surface area contributed by atoms with E-state index in [1.807, 2.05) is 6.92 Å². The lowest BCUT2D eigenvalue weighted by atomic mass is 9.97. The van der Waals surface area contributed by atoms with Crippen molar-refractivity contribution in [1.29, 1.82) is 0 Å². The first kappa shape index (κ1) is 16.4. The van der Waals surface area contributed by atoms with Gasteiger partial charge in [-0.05, 0) is 25.7 Å². The molecular weight excluding hydrogens is 282 g/mol. The molecule has 0 spiro atoms. The molecule has 21 heavy (non-hydrogen) atoms. The standard InChI is InChI=1S/C16H27N3OS/c1-4-19(13(3)20)16-18-14(11-21-16)10-17-15-9-7-5-6-8-12(15)2/h11-12,15,17H,4-10H2,1-3H3. The molecule has 2 atom stereocenters. The molecule has 2 unspecified atom stereocenters. The van der Waals surface area contributed by atoms with E-state index < -0.39 is 0 Å². The summed E-state index contributed by atoms with van der Waals surface area (Å²) in [6, 6.07) is 0.604. The lowest BCUT2D eigenvalue weighted by Gasteiger charge is -2.22. The van der Waals surface area contributed by atoms with Crippen LogP contribution in [-0.4, -0.2) is 23.5 Å². The minimum atomic E-state index is 0.0590. The van der Waals surface area contributed by atoms with Crippen LogP contribution in [0.25, 0.3) is 0 Å². The van der Waals surface area contributed by atoms with Crippen molar-refractivity contribution in [2.45, 2.75) is 65.5 Å². The molecule has 0 radical (unpaired) electrons. The Bertz CT molecular complexity index is 460. The second-order valence-electron chi connectivity index (χ2n) is 5.99. The maximum atomic E-state index is 11.5. The summed E-state index contributed by atoms with van der Waals surface area (Å²) in [6.07, 6.45) is 6.66. The van der Waals surface area contributed by atoms with Crippen LogP contribution >= 0.6 is 11.3 Å². The van der Waals surface area contributed by atoms with Gasteiger partial charge < -0.3 is 5.32 Å². The van der Waals surface area contributed by atoms with Crippen molar-refractivity contribution in [3.8, 4) is 0 Å². The maximum Gasteiger partial charge on any atom is 0.225 e. The van der Waals surface area contributed by atoms with Crippen LogP contribution in [0.1, 0.15) is 58.6 Å². The average molecular weight is 309 g/mol. The summed E-state index contributed by atoms with van der Waals surface area (Å²) in [4.78, 5) is 17.9. The lowest BCUT2D eigenvalue weighted by Crippen LogP contribution is -2.34. The van der Waals surface area contributed by atoms with Gasteiger partial charge in [0.25, 0.3) is 0 Å². The van der Waals surface area contributed by atoms with Crippen molar-refractivity contribution in [3.63, 3.8) is 0 Å². The molecule has 4 nitrogen and oxygen atoms in total. The van der Waals surface area contributed by atoms with Gasteiger partial charge in [0.1, 0.15) is 0 Å². The molecule has 2 rings (SSSR count). The Balaban J connectivity index is 1.91. The van der Waals surface area contributed by atoms with Crippen molar-refractivity contribution < 1.29 is 4.79 Å². The quantitative estimate of drug-likeness (QED) is 0.846. The van der Waals surface area contributed by atoms with Crippen molar-refractivity contribution in [2.75, 3.05) is 11.4 Å². The molecular formula is C16H27N3OS. The molecule has 0 saturated heterocycles. The fourth-order valence-corrected chi connectivity index (χ4v) is 3.96. The van der Waals surface area contributed by atoms with Gasteiger partial charge in [0.05, 0.1) is 5.69 Å². The van der Waals surface area contributed by atoms with Gasteiger partial charge in [-0.15, -0.1) is 11.3 Å². The zero-order valence-electron chi connectivity index (χ0n) is 13.4. The normalized spacial score (nSPS) is 22.8. The minimum absolute atomic E-state index is 0.0590. The van der Waals surface area contributed by atoms with Gasteiger partial charge >= 0.3 is 0 Å². The molecule has 5 heteroatoms. The zero-order valence-corrected chi connectivity index (χ0v) is 14.2. The van der Waals surface area contributed by atoms with E-state index in [-0.39, 0.29) is 5.91 Å². The van der Waals surface area contributed by atoms with Crippen LogP contribution in [0.2, 0.25) is 0 Å². The van der Waals surface area contributed by atoms with Crippen LogP contribution in [0, 0.1) is 5.92 Å². The second-order valence-corrected chi connectivity index (χ2v) is 6.82. The molecule has 1 fully saturated rings. The van der Waals surface area contributed by atoms with Crippen LogP contribution in [0.3, 0.4) is 0 Å². The molecule has 0 aliphatic heterocycles. The number of hydrogen-bond donors (Lipinski definition) is 1. The van der Waals surface area contributed by atoms with Crippen molar-refractivity contribution in [3.05, 3.63) is 11.1 Å². The number of nitrogens with one attached hydrogen (secondary N) is 1. The molecule has 118 valence electrons. The summed E-state index contributed by atoms with van der Waals surface area (Å²) in [5, 5.41) is 6.55. The van der Waals surface area contributed by atoms with E-state index in [9.17, 15) is 4.79 Å². The highest BCUT2D eigenvalue weighted by Gasteiger charge is 2.20. The molecule has 1 aliphatic carbocycles. The number of rotatable bonds is 5. The van der Waals surface area contributed by atoms with E-state index >= 15 is 0 Å². The molecule has 0 bridgehead atoms. The minimum Gasteiger partial charge on any atom is -0.308 e. The summed E-state index contributed by atoms with van der Waals surface area (Å²) in [5.74, 6) is 0.804. The number of aromatic nitrogens is 1. The van der Waals surface area contributed by atoms with Gasteiger partial charge in [0, 0.05) is 31.4 Å². The number of nitrogens with zero attached hydrogens (tertiary/aromatic N) is 2. The number of carbonyl (C=O) groups is 1. The third kappa shape index (κ3) is 4.51. The number of amides is 1. The maximum absolute atomic E-state index is 11.5. The van der Waals surface area contributed by atoms with E-state index in [2.05, 4.69) is 22.6 Å². The summed E-state index contributed by atoms with van der Waals surface area (Å²) >= 11 is 1.56. The second kappa shape index (κ2) is 7.90. The summed E-state index contributed by atoms with van der Waals surface area (Å²) in [6.45, 7) is 7.41. The van der Waals surface area contributed by atoms with Crippen molar-refractivity contribution in [1.82, 2.24) is 10.3 Å². The first-order valence-electron chi connectivity index (χ1n) is 8.07. The fraction of sp³-hybridized carbons (Fsp3) is 0.750. The Kier molecular flexibility index (Phi) is 6.18. The Morgan fingerprint density at radius 3 is 2.90 bits per heavy atom. The summed E-state index contributed by atoms with van der Waals surface area (Å²) < 4.78 is 0. The fourth-order valence-electron chi connectivity index (χ4n) is 3.03. The van der Waals surface area contributed by atoms with Gasteiger partial charge in [-0.1, -0.05) is 26.2 Å². The summed E-state index contributed by atoms with van der Waals surface area (Å²) in [7, 11) is 0. The van der Waals surface area contributed by atoms with E-state index in [1.54, 1.807) is 23.2 Å². The zero-order chi connectivity index (χ0) is 15.2. The predicted octanol–water partition coefficient (Wildman–Crippen LogP) is 3.57. The highest BCUT2D eigenvalue weighted by Crippen LogP contribution is 2.24. The highest BCUT2D eigenvalue weighted by atomic mass is 32.1. The number of thiazole rings is 1. The number of hydrogen-bond acceptors (Lipinski definition) is 4. The van der Waals surface area contributed by atoms with E-state index in [0.29, 0.717) is 12.6 Å². The topological polar surface area (TPSA) is 45.2 Å². The molecule has 1 N–H and O–H groups in total. The van der Waals surface area contributed by atoms with Crippen molar-refractivity contribution >= 4 is 22.4 Å². The van der Waals surface area contributed by atoms with E-state index in [4.69, 9.17) is 0 Å². The average Bonchev–Trinajstić information content (AvgIpc) is 2.80. The number of carbonyl (C=O) groups excluding carboxylic acids is 1. The molecule has 1 heterocycles. The molecule has 1 amide bonds. The predicted molar refractivity (Wildman–Crippen MR) is 88.7 cm³/mol. The van der Waals surface area contributed by atoms with E-state index in [0.717, 1.165) is 23.3 Å². The van der Waals surface area contributed by atoms with Crippen LogP contribution in [-0.2, 0) is 11.3 Å². The van der Waals surface area contributed by atoms with Gasteiger partial charge in [0.15, 0.2) is 5.13 Å². The molecule has 1 aromatic rings. The monoisotopic (exact) mass is 309 g/mol. The first-order chi connectivity index (χ1) is 10.1. The van der Waals surface area contributed by atoms with Crippen LogP contribution in [0.4, 0.5) is 5.13 Å². The lowest BCUT2D eigenvalue weighted by molar-refractivity contribution is -0.116. The Morgan fingerprint density at radius 1 is 1.43 bits per heavy atom. The van der Waals surface area contributed by atoms with Gasteiger partial charge in [0.2, 0.25) is 5.91 Å². The van der Waals surface area contributed by atoms with Gasteiger partial charge in [-0.25, -0.2) is 4.98 Å². The SMILES string of the molecule is CCN(C(C)=O)c1nc(CNC2CCCCCC2C)cs1. The van der Waals surface area contributed by atoms with Crippen LogP contribution < -0.4 is 10.2 Å².